The number of halogens is 1. The highest BCUT2D eigenvalue weighted by molar-refractivity contribution is 6.30. The summed E-state index contributed by atoms with van der Waals surface area (Å²) in [5.74, 6) is -0.252. The first-order valence-corrected chi connectivity index (χ1v) is 6.36. The van der Waals surface area contributed by atoms with Crippen molar-refractivity contribution in [2.75, 3.05) is 0 Å². The lowest BCUT2D eigenvalue weighted by molar-refractivity contribution is -0.275. The van der Waals surface area contributed by atoms with Gasteiger partial charge in [-0.05, 0) is 24.1 Å². The summed E-state index contributed by atoms with van der Waals surface area (Å²) in [7, 11) is 0. The summed E-state index contributed by atoms with van der Waals surface area (Å²) in [4.78, 5) is 23.2. The van der Waals surface area contributed by atoms with E-state index in [4.69, 9.17) is 11.6 Å². The molecule has 1 aromatic carbocycles. The minimum atomic E-state index is -0.682. The van der Waals surface area contributed by atoms with Crippen LogP contribution in [0.4, 0.5) is 0 Å². The molecule has 104 valence electrons. The minimum Gasteiger partial charge on any atom is -0.858 e. The van der Waals surface area contributed by atoms with Crippen LogP contribution in [0.2, 0.25) is 5.02 Å². The van der Waals surface area contributed by atoms with E-state index < -0.39 is 11.6 Å². The van der Waals surface area contributed by atoms with Gasteiger partial charge in [0.2, 0.25) is 0 Å². The fourth-order valence-electron chi connectivity index (χ4n) is 1.85. The molecule has 0 amide bonds. The largest absolute Gasteiger partial charge is 0.858 e. The molecule has 0 aliphatic rings. The van der Waals surface area contributed by atoms with Crippen LogP contribution in [0.15, 0.2) is 53.7 Å². The van der Waals surface area contributed by atoms with Gasteiger partial charge in [0.25, 0.3) is 0 Å². The van der Waals surface area contributed by atoms with Gasteiger partial charge in [0.05, 0.1) is 5.69 Å². The Morgan fingerprint density at radius 3 is 2.76 bits per heavy atom. The summed E-state index contributed by atoms with van der Waals surface area (Å²) in [5, 5.41) is 11.6. The van der Waals surface area contributed by atoms with Crippen LogP contribution >= 0.6 is 11.6 Å². The van der Waals surface area contributed by atoms with E-state index in [0.29, 0.717) is 16.5 Å². The first kappa shape index (κ1) is 13.3. The topological polar surface area (TPSA) is 83.7 Å². The maximum Gasteiger partial charge on any atom is 0.352 e. The first-order chi connectivity index (χ1) is 10.1. The zero-order valence-electron chi connectivity index (χ0n) is 10.6. The summed E-state index contributed by atoms with van der Waals surface area (Å²) in [5.41, 5.74) is 0.728. The predicted octanol–water partition coefficient (Wildman–Crippen LogP) is 1.42. The molecule has 0 aliphatic heterocycles. The van der Waals surface area contributed by atoms with E-state index in [-0.39, 0.29) is 0 Å². The number of aromatic nitrogens is 4. The van der Waals surface area contributed by atoms with Crippen molar-refractivity contribution in [3.05, 3.63) is 64.4 Å². The van der Waals surface area contributed by atoms with Crippen molar-refractivity contribution < 1.29 is 5.11 Å². The molecule has 0 fully saturated rings. The first-order valence-electron chi connectivity index (χ1n) is 5.98. The lowest BCUT2D eigenvalue weighted by Gasteiger charge is -2.08. The Kier molecular flexibility index (Phi) is 3.37. The molecular weight excluding hydrogens is 292 g/mol. The van der Waals surface area contributed by atoms with E-state index in [1.807, 2.05) is 6.07 Å². The molecule has 0 bridgehead atoms. The van der Waals surface area contributed by atoms with Gasteiger partial charge in [-0.15, -0.1) is 0 Å². The second-order valence-electron chi connectivity index (χ2n) is 4.19. The zero-order valence-corrected chi connectivity index (χ0v) is 11.4. The normalized spacial score (nSPS) is 10.5. The number of hydrogen-bond acceptors (Lipinski definition) is 5. The third-order valence-corrected chi connectivity index (χ3v) is 3.03. The van der Waals surface area contributed by atoms with Crippen LogP contribution in [0.5, 0.6) is 5.88 Å². The molecule has 0 unspecified atom stereocenters. The lowest BCUT2D eigenvalue weighted by atomic mass is 10.1. The van der Waals surface area contributed by atoms with Crippen molar-refractivity contribution >= 4 is 11.6 Å². The van der Waals surface area contributed by atoms with Gasteiger partial charge >= 0.3 is 5.69 Å². The van der Waals surface area contributed by atoms with Gasteiger partial charge in [-0.25, -0.2) is 19.7 Å². The molecular formula is C14H8ClN4O2-. The van der Waals surface area contributed by atoms with Gasteiger partial charge in [-0.1, -0.05) is 23.7 Å². The number of nitrogens with zero attached hydrogens (tertiary/aromatic N) is 4. The Balaban J connectivity index is 2.10. The van der Waals surface area contributed by atoms with Gasteiger partial charge in [-0.2, -0.15) is 0 Å². The van der Waals surface area contributed by atoms with Crippen molar-refractivity contribution in [2.45, 2.75) is 0 Å². The van der Waals surface area contributed by atoms with E-state index in [9.17, 15) is 9.90 Å². The Hall–Kier alpha value is -2.73. The SMILES string of the molecule is O=c1nc([O-])ccn1-c1cc(-c2cccc(Cl)c2)ncn1. The Morgan fingerprint density at radius 2 is 2.00 bits per heavy atom. The highest BCUT2D eigenvalue weighted by Gasteiger charge is 2.06. The van der Waals surface area contributed by atoms with Crippen LogP contribution in [0, 0.1) is 0 Å². The number of benzene rings is 1. The van der Waals surface area contributed by atoms with Crippen molar-refractivity contribution in [3.63, 3.8) is 0 Å². The Bertz CT molecular complexity index is 863. The van der Waals surface area contributed by atoms with Crippen molar-refractivity contribution in [1.29, 1.82) is 0 Å². The molecule has 0 saturated carbocycles. The van der Waals surface area contributed by atoms with Crippen LogP contribution in [-0.4, -0.2) is 19.5 Å². The third-order valence-electron chi connectivity index (χ3n) is 2.80. The van der Waals surface area contributed by atoms with Gasteiger partial charge in [-0.3, -0.25) is 4.57 Å². The average Bonchev–Trinajstić information content (AvgIpc) is 2.47. The van der Waals surface area contributed by atoms with E-state index in [1.165, 1.54) is 23.2 Å². The molecule has 2 heterocycles. The van der Waals surface area contributed by atoms with Crippen molar-refractivity contribution in [3.8, 4) is 23.0 Å². The molecule has 3 aromatic rings. The molecule has 0 aliphatic carbocycles. The predicted molar refractivity (Wildman–Crippen MR) is 75.3 cm³/mol. The molecule has 0 atom stereocenters. The summed E-state index contributed by atoms with van der Waals surface area (Å²) in [6.45, 7) is 0. The highest BCUT2D eigenvalue weighted by atomic mass is 35.5. The summed E-state index contributed by atoms with van der Waals surface area (Å²) < 4.78 is 1.18. The third kappa shape index (κ3) is 2.75. The monoisotopic (exact) mass is 299 g/mol. The number of rotatable bonds is 2. The molecule has 0 spiro atoms. The van der Waals surface area contributed by atoms with Gasteiger partial charge in [0.1, 0.15) is 12.1 Å². The summed E-state index contributed by atoms with van der Waals surface area (Å²) in [6.07, 6.45) is 2.67. The molecule has 0 radical (unpaired) electrons. The van der Waals surface area contributed by atoms with Gasteiger partial charge < -0.3 is 5.11 Å². The minimum absolute atomic E-state index is 0.331. The molecule has 7 heteroatoms. The summed E-state index contributed by atoms with van der Waals surface area (Å²) in [6, 6.07) is 9.99. The molecule has 21 heavy (non-hydrogen) atoms. The van der Waals surface area contributed by atoms with E-state index in [1.54, 1.807) is 24.3 Å². The molecule has 6 nitrogen and oxygen atoms in total. The fourth-order valence-corrected chi connectivity index (χ4v) is 2.04. The second kappa shape index (κ2) is 5.34. The van der Waals surface area contributed by atoms with Crippen molar-refractivity contribution in [2.24, 2.45) is 0 Å². The van der Waals surface area contributed by atoms with Gasteiger partial charge in [0, 0.05) is 22.8 Å². The lowest BCUT2D eigenvalue weighted by Crippen LogP contribution is -2.22. The van der Waals surface area contributed by atoms with Crippen molar-refractivity contribution in [1.82, 2.24) is 19.5 Å². The van der Waals surface area contributed by atoms with Crippen LogP contribution in [0.3, 0.4) is 0 Å². The van der Waals surface area contributed by atoms with Crippen LogP contribution < -0.4 is 10.8 Å². The van der Waals surface area contributed by atoms with Crippen LogP contribution in [0.25, 0.3) is 17.1 Å². The number of hydrogen-bond donors (Lipinski definition) is 0. The molecule has 3 rings (SSSR count). The highest BCUT2D eigenvalue weighted by Crippen LogP contribution is 2.21. The molecule has 0 saturated heterocycles. The quantitative estimate of drug-likeness (QED) is 0.714. The van der Waals surface area contributed by atoms with E-state index in [2.05, 4.69) is 15.0 Å². The average molecular weight is 300 g/mol. The van der Waals surface area contributed by atoms with Crippen LogP contribution in [-0.2, 0) is 0 Å². The van der Waals surface area contributed by atoms with Gasteiger partial charge in [0.15, 0.2) is 0 Å². The zero-order chi connectivity index (χ0) is 14.8. The molecule has 2 aromatic heterocycles. The standard InChI is InChI=1S/C14H9ClN4O2/c15-10-3-1-2-9(6-10)11-7-12(17-8-16-11)19-5-4-13(20)18-14(19)21/h1-8H,(H,18,20,21)/p-1. The Morgan fingerprint density at radius 1 is 1.14 bits per heavy atom. The summed E-state index contributed by atoms with van der Waals surface area (Å²) >= 11 is 5.95. The van der Waals surface area contributed by atoms with E-state index in [0.717, 1.165) is 5.56 Å². The maximum absolute atomic E-state index is 11.7. The van der Waals surface area contributed by atoms with E-state index >= 15 is 0 Å². The fraction of sp³-hybridized carbons (Fsp3) is 0. The second-order valence-corrected chi connectivity index (χ2v) is 4.63. The smallest absolute Gasteiger partial charge is 0.352 e. The molecule has 0 N–H and O–H groups in total. The van der Waals surface area contributed by atoms with Crippen LogP contribution in [0.1, 0.15) is 0 Å². The Labute approximate surface area is 124 Å². The maximum atomic E-state index is 11.7.